The molecule has 118 valence electrons. The lowest BCUT2D eigenvalue weighted by molar-refractivity contribution is 0.299. The van der Waals surface area contributed by atoms with Gasteiger partial charge in [0.25, 0.3) is 0 Å². The van der Waals surface area contributed by atoms with Crippen LogP contribution >= 0.6 is 12.4 Å². The summed E-state index contributed by atoms with van der Waals surface area (Å²) in [6.45, 7) is 3.02. The maximum Gasteiger partial charge on any atom is 0.132 e. The molecule has 1 aliphatic carbocycles. The van der Waals surface area contributed by atoms with Crippen LogP contribution in [-0.2, 0) is 6.54 Å². The SMILES string of the molecule is Cl.NC1CCC2CN(Cc3ccc(F)c4cccnc34)CC12. The van der Waals surface area contributed by atoms with E-state index in [2.05, 4.69) is 9.88 Å². The van der Waals surface area contributed by atoms with E-state index in [9.17, 15) is 4.39 Å². The number of hydrogen-bond donors (Lipinski definition) is 1. The second-order valence-electron chi connectivity index (χ2n) is 6.47. The summed E-state index contributed by atoms with van der Waals surface area (Å²) in [6, 6.07) is 7.38. The van der Waals surface area contributed by atoms with E-state index in [0.717, 1.165) is 36.6 Å². The molecule has 5 heteroatoms. The van der Waals surface area contributed by atoms with Gasteiger partial charge in [0, 0.05) is 37.3 Å². The first-order valence-corrected chi connectivity index (χ1v) is 7.72. The fourth-order valence-electron chi connectivity index (χ4n) is 4.09. The van der Waals surface area contributed by atoms with Crippen molar-refractivity contribution in [2.45, 2.75) is 25.4 Å². The molecule has 1 aromatic carbocycles. The Labute approximate surface area is 136 Å². The van der Waals surface area contributed by atoms with Gasteiger partial charge in [-0.2, -0.15) is 0 Å². The average Bonchev–Trinajstić information content (AvgIpc) is 3.05. The third-order valence-electron chi connectivity index (χ3n) is 5.18. The van der Waals surface area contributed by atoms with Gasteiger partial charge in [-0.15, -0.1) is 12.4 Å². The quantitative estimate of drug-likeness (QED) is 0.924. The maximum atomic E-state index is 13.8. The Morgan fingerprint density at radius 3 is 2.91 bits per heavy atom. The Kier molecular flexibility index (Phi) is 4.35. The van der Waals surface area contributed by atoms with Crippen molar-refractivity contribution in [3.63, 3.8) is 0 Å². The topological polar surface area (TPSA) is 42.1 Å². The van der Waals surface area contributed by atoms with Gasteiger partial charge in [-0.05, 0) is 48.4 Å². The molecule has 1 aromatic heterocycles. The van der Waals surface area contributed by atoms with Crippen molar-refractivity contribution in [2.24, 2.45) is 17.6 Å². The fourth-order valence-corrected chi connectivity index (χ4v) is 4.09. The summed E-state index contributed by atoms with van der Waals surface area (Å²) in [5.74, 6) is 1.20. The van der Waals surface area contributed by atoms with Crippen molar-refractivity contribution >= 4 is 23.3 Å². The van der Waals surface area contributed by atoms with Gasteiger partial charge < -0.3 is 5.73 Å². The van der Waals surface area contributed by atoms with Crippen LogP contribution in [0.4, 0.5) is 4.39 Å². The van der Waals surface area contributed by atoms with Crippen LogP contribution in [0.25, 0.3) is 10.9 Å². The van der Waals surface area contributed by atoms with E-state index in [1.54, 1.807) is 24.4 Å². The smallest absolute Gasteiger partial charge is 0.132 e. The van der Waals surface area contributed by atoms with Gasteiger partial charge in [0.15, 0.2) is 0 Å². The minimum atomic E-state index is -0.192. The summed E-state index contributed by atoms with van der Waals surface area (Å²) >= 11 is 0. The Hall–Kier alpha value is -1.23. The predicted octanol–water partition coefficient (Wildman–Crippen LogP) is 2.96. The summed E-state index contributed by atoms with van der Waals surface area (Å²) < 4.78 is 13.8. The number of likely N-dealkylation sites (tertiary alicyclic amines) is 1. The van der Waals surface area contributed by atoms with Crippen molar-refractivity contribution in [1.29, 1.82) is 0 Å². The number of aromatic nitrogens is 1. The van der Waals surface area contributed by atoms with Gasteiger partial charge in [0.05, 0.1) is 5.52 Å². The van der Waals surface area contributed by atoms with Gasteiger partial charge in [-0.25, -0.2) is 4.39 Å². The van der Waals surface area contributed by atoms with Crippen LogP contribution in [0.1, 0.15) is 18.4 Å². The summed E-state index contributed by atoms with van der Waals surface area (Å²) in [5, 5.41) is 0.617. The highest BCUT2D eigenvalue weighted by Crippen LogP contribution is 2.38. The third-order valence-corrected chi connectivity index (χ3v) is 5.18. The van der Waals surface area contributed by atoms with Crippen LogP contribution < -0.4 is 5.73 Å². The first-order chi connectivity index (χ1) is 10.2. The van der Waals surface area contributed by atoms with Crippen LogP contribution in [-0.4, -0.2) is 29.0 Å². The van der Waals surface area contributed by atoms with E-state index >= 15 is 0 Å². The Balaban J connectivity index is 0.00000144. The molecule has 2 heterocycles. The molecule has 0 amide bonds. The molecular formula is C17H21ClFN3. The normalized spacial score (nSPS) is 27.8. The standard InChI is InChI=1S/C17H20FN3.ClH/c18-15-5-3-12(17-13(15)2-1-7-20-17)9-21-8-11-4-6-16(19)14(11)10-21;/h1-3,5,7,11,14,16H,4,6,8-10,19H2;1H. The average molecular weight is 322 g/mol. The zero-order valence-electron chi connectivity index (χ0n) is 12.4. The lowest BCUT2D eigenvalue weighted by Crippen LogP contribution is -2.30. The largest absolute Gasteiger partial charge is 0.327 e. The lowest BCUT2D eigenvalue weighted by Gasteiger charge is -2.19. The molecule has 1 saturated heterocycles. The minimum absolute atomic E-state index is 0. The predicted molar refractivity (Wildman–Crippen MR) is 88.4 cm³/mol. The first-order valence-electron chi connectivity index (χ1n) is 7.72. The molecule has 3 unspecified atom stereocenters. The maximum absolute atomic E-state index is 13.8. The van der Waals surface area contributed by atoms with E-state index in [0.29, 0.717) is 17.3 Å². The van der Waals surface area contributed by atoms with E-state index in [4.69, 9.17) is 5.73 Å². The molecule has 1 saturated carbocycles. The van der Waals surface area contributed by atoms with Gasteiger partial charge in [0.2, 0.25) is 0 Å². The number of fused-ring (bicyclic) bond motifs is 2. The molecule has 22 heavy (non-hydrogen) atoms. The molecule has 2 aromatic rings. The van der Waals surface area contributed by atoms with Crippen molar-refractivity contribution in [1.82, 2.24) is 9.88 Å². The Morgan fingerprint density at radius 2 is 2.09 bits per heavy atom. The molecule has 0 bridgehead atoms. The molecule has 0 spiro atoms. The number of benzene rings is 1. The number of hydrogen-bond acceptors (Lipinski definition) is 3. The van der Waals surface area contributed by atoms with Gasteiger partial charge in [-0.1, -0.05) is 6.07 Å². The second-order valence-corrected chi connectivity index (χ2v) is 6.47. The second kappa shape index (κ2) is 6.11. The summed E-state index contributed by atoms with van der Waals surface area (Å²) in [5.41, 5.74) is 8.10. The van der Waals surface area contributed by atoms with Crippen molar-refractivity contribution in [3.8, 4) is 0 Å². The number of nitrogens with two attached hydrogens (primary N) is 1. The third kappa shape index (κ3) is 2.60. The fraction of sp³-hybridized carbons (Fsp3) is 0.471. The zero-order chi connectivity index (χ0) is 14.4. The number of halogens is 2. The van der Waals surface area contributed by atoms with Crippen LogP contribution in [0.2, 0.25) is 0 Å². The Morgan fingerprint density at radius 1 is 1.23 bits per heavy atom. The highest BCUT2D eigenvalue weighted by Gasteiger charge is 2.40. The van der Waals surface area contributed by atoms with Gasteiger partial charge in [0.1, 0.15) is 5.82 Å². The number of pyridine rings is 1. The lowest BCUT2D eigenvalue weighted by atomic mass is 9.98. The molecule has 3 atom stereocenters. The van der Waals surface area contributed by atoms with Crippen LogP contribution in [0, 0.1) is 17.7 Å². The van der Waals surface area contributed by atoms with Crippen LogP contribution in [0.3, 0.4) is 0 Å². The van der Waals surface area contributed by atoms with Crippen molar-refractivity contribution in [2.75, 3.05) is 13.1 Å². The minimum Gasteiger partial charge on any atom is -0.327 e. The highest BCUT2D eigenvalue weighted by molar-refractivity contribution is 5.85. The summed E-state index contributed by atoms with van der Waals surface area (Å²) in [7, 11) is 0. The van der Waals surface area contributed by atoms with E-state index in [1.807, 2.05) is 6.07 Å². The first kappa shape index (κ1) is 15.7. The monoisotopic (exact) mass is 321 g/mol. The van der Waals surface area contributed by atoms with Crippen LogP contribution in [0.5, 0.6) is 0 Å². The van der Waals surface area contributed by atoms with E-state index < -0.39 is 0 Å². The molecule has 2 N–H and O–H groups in total. The van der Waals surface area contributed by atoms with E-state index in [1.165, 1.54) is 12.8 Å². The van der Waals surface area contributed by atoms with E-state index in [-0.39, 0.29) is 18.2 Å². The molecule has 2 aliphatic rings. The summed E-state index contributed by atoms with van der Waals surface area (Å²) in [6.07, 6.45) is 4.16. The molecule has 3 nitrogen and oxygen atoms in total. The molecule has 0 radical (unpaired) electrons. The highest BCUT2D eigenvalue weighted by atomic mass is 35.5. The van der Waals surface area contributed by atoms with Crippen LogP contribution in [0.15, 0.2) is 30.5 Å². The molecule has 2 fully saturated rings. The number of rotatable bonds is 2. The van der Waals surface area contributed by atoms with Crippen molar-refractivity contribution < 1.29 is 4.39 Å². The molecule has 1 aliphatic heterocycles. The van der Waals surface area contributed by atoms with Crippen molar-refractivity contribution in [3.05, 3.63) is 41.8 Å². The van der Waals surface area contributed by atoms with Gasteiger partial charge in [-0.3, -0.25) is 9.88 Å². The zero-order valence-corrected chi connectivity index (χ0v) is 13.2. The molecule has 4 rings (SSSR count). The van der Waals surface area contributed by atoms with Gasteiger partial charge >= 0.3 is 0 Å². The Bertz CT molecular complexity index is 678. The molecular weight excluding hydrogens is 301 g/mol. The number of nitrogens with zero attached hydrogens (tertiary/aromatic N) is 2. The summed E-state index contributed by atoms with van der Waals surface area (Å²) in [4.78, 5) is 6.83.